The molecule has 1 heterocycles. The number of nitrogens with zero attached hydrogens (tertiary/aromatic N) is 1. The number of carbonyl (C=O) groups is 1. The van der Waals surface area contributed by atoms with E-state index in [9.17, 15) is 9.90 Å². The minimum Gasteiger partial charge on any atom is -0.480 e. The molecule has 0 amide bonds. The molecule has 18 heavy (non-hydrogen) atoms. The van der Waals surface area contributed by atoms with Crippen molar-refractivity contribution >= 4 is 5.97 Å². The van der Waals surface area contributed by atoms with Crippen LogP contribution < -0.4 is 5.32 Å². The number of carboxylic acids is 1. The van der Waals surface area contributed by atoms with Gasteiger partial charge in [0.15, 0.2) is 0 Å². The fourth-order valence-corrected chi connectivity index (χ4v) is 2.45. The minimum absolute atomic E-state index is 0.181. The molecule has 0 bridgehead atoms. The van der Waals surface area contributed by atoms with Crippen LogP contribution >= 0.6 is 0 Å². The van der Waals surface area contributed by atoms with E-state index in [1.807, 2.05) is 6.92 Å². The van der Waals surface area contributed by atoms with Crippen molar-refractivity contribution in [2.75, 3.05) is 19.7 Å². The van der Waals surface area contributed by atoms with Gasteiger partial charge in [0, 0.05) is 25.2 Å². The van der Waals surface area contributed by atoms with Crippen molar-refractivity contribution in [2.45, 2.75) is 57.3 Å². The first kappa shape index (κ1) is 13.8. The molecule has 5 nitrogen and oxygen atoms in total. The van der Waals surface area contributed by atoms with Gasteiger partial charge in [0.1, 0.15) is 5.54 Å². The van der Waals surface area contributed by atoms with Crippen LogP contribution in [-0.2, 0) is 9.53 Å². The Morgan fingerprint density at radius 3 is 2.72 bits per heavy atom. The van der Waals surface area contributed by atoms with Crippen LogP contribution in [0.2, 0.25) is 0 Å². The SMILES string of the molecule is CC1CN(CC(C)(NC2CC2)C(=O)O)C(C)CO1. The maximum atomic E-state index is 11.5. The number of hydrogen-bond donors (Lipinski definition) is 2. The minimum atomic E-state index is -0.855. The summed E-state index contributed by atoms with van der Waals surface area (Å²) >= 11 is 0. The molecule has 5 heteroatoms. The van der Waals surface area contributed by atoms with Crippen LogP contribution in [0.15, 0.2) is 0 Å². The summed E-state index contributed by atoms with van der Waals surface area (Å²) in [6, 6.07) is 0.667. The van der Waals surface area contributed by atoms with Gasteiger partial charge in [0.25, 0.3) is 0 Å². The molecule has 1 aliphatic carbocycles. The van der Waals surface area contributed by atoms with Gasteiger partial charge >= 0.3 is 5.97 Å². The van der Waals surface area contributed by atoms with Gasteiger partial charge in [-0.05, 0) is 33.6 Å². The van der Waals surface area contributed by atoms with E-state index < -0.39 is 11.5 Å². The van der Waals surface area contributed by atoms with E-state index in [-0.39, 0.29) is 12.1 Å². The second kappa shape index (κ2) is 5.15. The highest BCUT2D eigenvalue weighted by molar-refractivity contribution is 5.78. The molecule has 104 valence electrons. The van der Waals surface area contributed by atoms with Gasteiger partial charge in [-0.2, -0.15) is 0 Å². The molecular formula is C13H24N2O3. The zero-order valence-electron chi connectivity index (χ0n) is 11.5. The molecular weight excluding hydrogens is 232 g/mol. The molecule has 3 atom stereocenters. The lowest BCUT2D eigenvalue weighted by Gasteiger charge is -2.41. The monoisotopic (exact) mass is 256 g/mol. The smallest absolute Gasteiger partial charge is 0.324 e. The number of ether oxygens (including phenoxy) is 1. The second-order valence-corrected chi connectivity index (χ2v) is 5.98. The van der Waals surface area contributed by atoms with Crippen LogP contribution in [-0.4, -0.2) is 59.4 Å². The number of aliphatic carboxylic acids is 1. The molecule has 1 saturated carbocycles. The van der Waals surface area contributed by atoms with Crippen molar-refractivity contribution in [1.82, 2.24) is 10.2 Å². The molecule has 2 aliphatic rings. The van der Waals surface area contributed by atoms with Gasteiger partial charge in [-0.25, -0.2) is 0 Å². The predicted molar refractivity (Wildman–Crippen MR) is 68.6 cm³/mol. The van der Waals surface area contributed by atoms with Gasteiger partial charge in [0.05, 0.1) is 12.7 Å². The second-order valence-electron chi connectivity index (χ2n) is 5.98. The lowest BCUT2D eigenvalue weighted by molar-refractivity contribution is -0.147. The maximum Gasteiger partial charge on any atom is 0.324 e. The number of nitrogens with one attached hydrogen (secondary N) is 1. The number of morpholine rings is 1. The molecule has 0 aromatic heterocycles. The van der Waals surface area contributed by atoms with Crippen molar-refractivity contribution in [1.29, 1.82) is 0 Å². The Morgan fingerprint density at radius 1 is 1.50 bits per heavy atom. The Balaban J connectivity index is 2.00. The molecule has 2 fully saturated rings. The summed E-state index contributed by atoms with van der Waals surface area (Å²) < 4.78 is 5.58. The van der Waals surface area contributed by atoms with Crippen molar-refractivity contribution in [3.63, 3.8) is 0 Å². The molecule has 2 N–H and O–H groups in total. The Hall–Kier alpha value is -0.650. The molecule has 3 unspecified atom stereocenters. The number of carboxylic acid groups (broad SMARTS) is 1. The zero-order chi connectivity index (χ0) is 13.3. The summed E-state index contributed by atoms with van der Waals surface area (Å²) in [6.07, 6.45) is 2.37. The Kier molecular flexibility index (Phi) is 3.94. The van der Waals surface area contributed by atoms with Crippen molar-refractivity contribution in [2.24, 2.45) is 0 Å². The van der Waals surface area contributed by atoms with Gasteiger partial charge in [-0.15, -0.1) is 0 Å². The summed E-state index contributed by atoms with van der Waals surface area (Å²) in [5.41, 5.74) is -0.855. The highest BCUT2D eigenvalue weighted by Gasteiger charge is 2.41. The van der Waals surface area contributed by atoms with E-state index in [0.29, 0.717) is 19.2 Å². The summed E-state index contributed by atoms with van der Waals surface area (Å²) in [5, 5.41) is 12.7. The molecule has 1 aliphatic heterocycles. The summed E-state index contributed by atoms with van der Waals surface area (Å²) in [6.45, 7) is 7.93. The van der Waals surface area contributed by atoms with E-state index in [1.54, 1.807) is 6.92 Å². The maximum absolute atomic E-state index is 11.5. The van der Waals surface area contributed by atoms with Gasteiger partial charge in [-0.1, -0.05) is 0 Å². The number of hydrogen-bond acceptors (Lipinski definition) is 4. The lowest BCUT2D eigenvalue weighted by atomic mass is 10.00. The van der Waals surface area contributed by atoms with Crippen LogP contribution in [0.5, 0.6) is 0 Å². The van der Waals surface area contributed by atoms with E-state index >= 15 is 0 Å². The van der Waals surface area contributed by atoms with Gasteiger partial charge < -0.3 is 9.84 Å². The van der Waals surface area contributed by atoms with Crippen LogP contribution in [0.25, 0.3) is 0 Å². The lowest BCUT2D eigenvalue weighted by Crippen LogP contribution is -2.61. The molecule has 0 aromatic rings. The highest BCUT2D eigenvalue weighted by Crippen LogP contribution is 2.24. The first-order valence-electron chi connectivity index (χ1n) is 6.77. The standard InChI is InChI=1S/C13H24N2O3/c1-9-7-18-10(2)6-15(9)8-13(3,12(16)17)14-11-4-5-11/h9-11,14H,4-8H2,1-3H3,(H,16,17). The van der Waals surface area contributed by atoms with Crippen LogP contribution in [0.1, 0.15) is 33.6 Å². The van der Waals surface area contributed by atoms with E-state index in [2.05, 4.69) is 17.1 Å². The molecule has 1 saturated heterocycles. The largest absolute Gasteiger partial charge is 0.480 e. The normalized spacial score (nSPS) is 33.1. The van der Waals surface area contributed by atoms with Crippen molar-refractivity contribution < 1.29 is 14.6 Å². The summed E-state index contributed by atoms with van der Waals surface area (Å²) in [7, 11) is 0. The average molecular weight is 256 g/mol. The van der Waals surface area contributed by atoms with E-state index in [1.165, 1.54) is 0 Å². The van der Waals surface area contributed by atoms with E-state index in [0.717, 1.165) is 19.4 Å². The van der Waals surface area contributed by atoms with Gasteiger partial charge in [-0.3, -0.25) is 15.0 Å². The molecule has 0 radical (unpaired) electrons. The fourth-order valence-electron chi connectivity index (χ4n) is 2.45. The Labute approximate surface area is 108 Å². The van der Waals surface area contributed by atoms with Crippen LogP contribution in [0.4, 0.5) is 0 Å². The van der Waals surface area contributed by atoms with Crippen molar-refractivity contribution in [3.8, 4) is 0 Å². The first-order valence-corrected chi connectivity index (χ1v) is 6.77. The van der Waals surface area contributed by atoms with E-state index in [4.69, 9.17) is 4.74 Å². The number of rotatable bonds is 5. The third-order valence-corrected chi connectivity index (χ3v) is 3.83. The van der Waals surface area contributed by atoms with Crippen LogP contribution in [0, 0.1) is 0 Å². The van der Waals surface area contributed by atoms with Gasteiger partial charge in [0.2, 0.25) is 0 Å². The average Bonchev–Trinajstić information content (AvgIpc) is 3.07. The topological polar surface area (TPSA) is 61.8 Å². The third-order valence-electron chi connectivity index (χ3n) is 3.83. The quantitative estimate of drug-likeness (QED) is 0.758. The molecule has 0 spiro atoms. The van der Waals surface area contributed by atoms with Crippen molar-refractivity contribution in [3.05, 3.63) is 0 Å². The third kappa shape index (κ3) is 3.22. The predicted octanol–water partition coefficient (Wildman–Crippen LogP) is 0.691. The fraction of sp³-hybridized carbons (Fsp3) is 0.923. The first-order chi connectivity index (χ1) is 8.40. The summed E-state index contributed by atoms with van der Waals surface area (Å²) in [5.74, 6) is -0.763. The molecule has 2 rings (SSSR count). The Morgan fingerprint density at radius 2 is 2.17 bits per heavy atom. The van der Waals surface area contributed by atoms with Crippen LogP contribution in [0.3, 0.4) is 0 Å². The Bertz CT molecular complexity index is 319. The zero-order valence-corrected chi connectivity index (χ0v) is 11.5. The highest BCUT2D eigenvalue weighted by atomic mass is 16.5. The molecule has 0 aromatic carbocycles. The summed E-state index contributed by atoms with van der Waals surface area (Å²) in [4.78, 5) is 13.7.